The third-order valence-corrected chi connectivity index (χ3v) is 3.33. The van der Waals surface area contributed by atoms with Crippen molar-refractivity contribution >= 4 is 22.7 Å². The van der Waals surface area contributed by atoms with Crippen molar-refractivity contribution in [2.45, 2.75) is 6.61 Å². The van der Waals surface area contributed by atoms with Gasteiger partial charge in [-0.15, -0.1) is 11.3 Å². The van der Waals surface area contributed by atoms with Crippen LogP contribution in [0.4, 0.5) is 11.4 Å². The highest BCUT2D eigenvalue weighted by molar-refractivity contribution is 7.10. The predicted octanol–water partition coefficient (Wildman–Crippen LogP) is 2.40. The van der Waals surface area contributed by atoms with Gasteiger partial charge in [-0.25, -0.2) is 0 Å². The Balaban J connectivity index is 2.48. The number of anilines is 1. The van der Waals surface area contributed by atoms with Crippen LogP contribution in [0.5, 0.6) is 0 Å². The summed E-state index contributed by atoms with van der Waals surface area (Å²) in [5.41, 5.74) is 7.28. The fourth-order valence-corrected chi connectivity index (χ4v) is 2.36. The van der Waals surface area contributed by atoms with Crippen LogP contribution in [0, 0.1) is 10.1 Å². The number of aliphatic hydroxyl groups excluding tert-OH is 1. The van der Waals surface area contributed by atoms with Gasteiger partial charge in [-0.05, 0) is 34.7 Å². The molecule has 0 spiro atoms. The molecule has 17 heavy (non-hydrogen) atoms. The van der Waals surface area contributed by atoms with Gasteiger partial charge in [0.25, 0.3) is 5.69 Å². The quantitative estimate of drug-likeness (QED) is 0.497. The number of thiophene rings is 1. The molecule has 0 bridgehead atoms. The highest BCUT2D eigenvalue weighted by atomic mass is 32.1. The molecule has 2 rings (SSSR count). The van der Waals surface area contributed by atoms with Crippen LogP contribution in [-0.2, 0) is 6.61 Å². The molecule has 1 aromatic carbocycles. The smallest absolute Gasteiger partial charge is 0.292 e. The second-order valence-corrected chi connectivity index (χ2v) is 4.45. The number of nitrogens with two attached hydrogens (primary N) is 1. The largest absolute Gasteiger partial charge is 0.393 e. The molecular weight excluding hydrogens is 240 g/mol. The van der Waals surface area contributed by atoms with E-state index in [-0.39, 0.29) is 18.0 Å². The average molecular weight is 250 g/mol. The third-order valence-electron chi connectivity index (χ3n) is 2.42. The van der Waals surface area contributed by atoms with Crippen LogP contribution in [0.3, 0.4) is 0 Å². The Labute approximate surface area is 101 Å². The molecule has 88 valence electrons. The van der Waals surface area contributed by atoms with Gasteiger partial charge in [0.05, 0.1) is 11.5 Å². The normalized spacial score (nSPS) is 10.4. The summed E-state index contributed by atoms with van der Waals surface area (Å²) in [4.78, 5) is 10.9. The summed E-state index contributed by atoms with van der Waals surface area (Å²) in [6, 6.07) is 6.43. The third kappa shape index (κ3) is 2.13. The number of nitro benzene ring substituents is 1. The van der Waals surface area contributed by atoms with Crippen molar-refractivity contribution in [2.24, 2.45) is 0 Å². The van der Waals surface area contributed by atoms with Gasteiger partial charge >= 0.3 is 0 Å². The SMILES string of the molecule is Nc1cc(-c2ccsc2CO)ccc1[N+](=O)[O-]. The fourth-order valence-electron chi connectivity index (χ4n) is 1.61. The van der Waals surface area contributed by atoms with Gasteiger partial charge in [-0.3, -0.25) is 10.1 Å². The van der Waals surface area contributed by atoms with Gasteiger partial charge in [0, 0.05) is 10.9 Å². The Hall–Kier alpha value is -1.92. The Morgan fingerprint density at radius 1 is 1.41 bits per heavy atom. The van der Waals surface area contributed by atoms with E-state index in [0.29, 0.717) is 0 Å². The molecule has 0 atom stereocenters. The number of aliphatic hydroxyl groups is 1. The van der Waals surface area contributed by atoms with Crippen LogP contribution in [0.25, 0.3) is 11.1 Å². The standard InChI is InChI=1S/C11H10N2O3S/c12-9-5-7(1-2-10(9)13(15)16)8-3-4-17-11(8)6-14/h1-5,14H,6,12H2. The zero-order chi connectivity index (χ0) is 12.4. The van der Waals surface area contributed by atoms with E-state index in [9.17, 15) is 10.1 Å². The van der Waals surface area contributed by atoms with E-state index in [4.69, 9.17) is 10.8 Å². The average Bonchev–Trinajstić information content (AvgIpc) is 2.76. The highest BCUT2D eigenvalue weighted by Gasteiger charge is 2.13. The molecule has 6 heteroatoms. The molecule has 0 saturated carbocycles. The molecule has 5 nitrogen and oxygen atoms in total. The first-order chi connectivity index (χ1) is 8.13. The number of nitrogen functional groups attached to an aromatic ring is 1. The van der Waals surface area contributed by atoms with Crippen LogP contribution in [0.1, 0.15) is 4.88 Å². The van der Waals surface area contributed by atoms with E-state index in [1.165, 1.54) is 17.4 Å². The van der Waals surface area contributed by atoms with E-state index in [0.717, 1.165) is 16.0 Å². The van der Waals surface area contributed by atoms with E-state index in [1.807, 2.05) is 11.4 Å². The Kier molecular flexibility index (Phi) is 3.08. The van der Waals surface area contributed by atoms with Crippen molar-refractivity contribution in [1.82, 2.24) is 0 Å². The zero-order valence-electron chi connectivity index (χ0n) is 8.79. The lowest BCUT2D eigenvalue weighted by atomic mass is 10.1. The van der Waals surface area contributed by atoms with Crippen molar-refractivity contribution in [3.63, 3.8) is 0 Å². The topological polar surface area (TPSA) is 89.4 Å². The summed E-state index contributed by atoms with van der Waals surface area (Å²) in [6.45, 7) is -0.0517. The van der Waals surface area contributed by atoms with Crippen molar-refractivity contribution < 1.29 is 10.0 Å². The monoisotopic (exact) mass is 250 g/mol. The molecule has 2 aromatic rings. The summed E-state index contributed by atoms with van der Waals surface area (Å²) in [5, 5.41) is 21.6. The van der Waals surface area contributed by atoms with Crippen molar-refractivity contribution in [1.29, 1.82) is 0 Å². The molecule has 0 aliphatic rings. The van der Waals surface area contributed by atoms with Gasteiger partial charge in [0.2, 0.25) is 0 Å². The van der Waals surface area contributed by atoms with E-state index >= 15 is 0 Å². The summed E-state index contributed by atoms with van der Waals surface area (Å²) in [7, 11) is 0. The Morgan fingerprint density at radius 3 is 2.76 bits per heavy atom. The molecule has 1 heterocycles. The van der Waals surface area contributed by atoms with E-state index in [1.54, 1.807) is 12.1 Å². The van der Waals surface area contributed by atoms with Crippen LogP contribution in [0.15, 0.2) is 29.6 Å². The molecule has 3 N–H and O–H groups in total. The lowest BCUT2D eigenvalue weighted by Crippen LogP contribution is -1.95. The fraction of sp³-hybridized carbons (Fsp3) is 0.0909. The van der Waals surface area contributed by atoms with Gasteiger partial charge in [0.1, 0.15) is 5.69 Å². The summed E-state index contributed by atoms with van der Waals surface area (Å²) >= 11 is 1.44. The molecule has 0 unspecified atom stereocenters. The molecule has 0 amide bonds. The first-order valence-electron chi connectivity index (χ1n) is 4.85. The first kappa shape index (κ1) is 11.6. The molecule has 0 aliphatic heterocycles. The lowest BCUT2D eigenvalue weighted by molar-refractivity contribution is -0.383. The maximum Gasteiger partial charge on any atom is 0.292 e. The maximum atomic E-state index is 10.6. The van der Waals surface area contributed by atoms with E-state index < -0.39 is 4.92 Å². The minimum Gasteiger partial charge on any atom is -0.393 e. The second-order valence-electron chi connectivity index (χ2n) is 3.45. The first-order valence-corrected chi connectivity index (χ1v) is 5.73. The molecular formula is C11H10N2O3S. The van der Waals surface area contributed by atoms with Crippen LogP contribution >= 0.6 is 11.3 Å². The minimum atomic E-state index is -0.514. The second kappa shape index (κ2) is 4.52. The highest BCUT2D eigenvalue weighted by Crippen LogP contribution is 2.32. The summed E-state index contributed by atoms with van der Waals surface area (Å²) in [6.07, 6.45) is 0. The van der Waals surface area contributed by atoms with Crippen molar-refractivity contribution in [3.05, 3.63) is 44.6 Å². The Morgan fingerprint density at radius 2 is 2.18 bits per heavy atom. The number of benzene rings is 1. The van der Waals surface area contributed by atoms with Gasteiger partial charge in [0.15, 0.2) is 0 Å². The molecule has 0 fully saturated rings. The summed E-state index contributed by atoms with van der Waals surface area (Å²) < 4.78 is 0. The zero-order valence-corrected chi connectivity index (χ0v) is 9.61. The Bertz CT molecular complexity index is 566. The number of hydrogen-bond acceptors (Lipinski definition) is 5. The lowest BCUT2D eigenvalue weighted by Gasteiger charge is -2.03. The van der Waals surface area contributed by atoms with Gasteiger partial charge in [-0.2, -0.15) is 0 Å². The van der Waals surface area contributed by atoms with Gasteiger partial charge in [-0.1, -0.05) is 0 Å². The minimum absolute atomic E-state index is 0.0517. The molecule has 0 radical (unpaired) electrons. The number of hydrogen-bond donors (Lipinski definition) is 2. The molecule has 0 aliphatic carbocycles. The number of rotatable bonds is 3. The van der Waals surface area contributed by atoms with Crippen LogP contribution in [0.2, 0.25) is 0 Å². The van der Waals surface area contributed by atoms with Gasteiger partial charge < -0.3 is 10.8 Å². The number of nitrogens with zero attached hydrogens (tertiary/aromatic N) is 1. The van der Waals surface area contributed by atoms with Crippen molar-refractivity contribution in [2.75, 3.05) is 5.73 Å². The molecule has 1 aromatic heterocycles. The van der Waals surface area contributed by atoms with Crippen LogP contribution < -0.4 is 5.73 Å². The predicted molar refractivity (Wildman–Crippen MR) is 66.7 cm³/mol. The van der Waals surface area contributed by atoms with Crippen LogP contribution in [-0.4, -0.2) is 10.0 Å². The maximum absolute atomic E-state index is 10.6. The van der Waals surface area contributed by atoms with E-state index in [2.05, 4.69) is 0 Å². The number of nitro groups is 1. The molecule has 0 saturated heterocycles. The van der Waals surface area contributed by atoms with Crippen molar-refractivity contribution in [3.8, 4) is 11.1 Å². The summed E-state index contributed by atoms with van der Waals surface area (Å²) in [5.74, 6) is 0.